The van der Waals surface area contributed by atoms with E-state index in [2.05, 4.69) is 34.4 Å². The smallest absolute Gasteiger partial charge is 0.149 e. The first-order chi connectivity index (χ1) is 7.55. The van der Waals surface area contributed by atoms with Crippen molar-refractivity contribution in [1.29, 1.82) is 0 Å². The molecule has 0 aromatic heterocycles. The first kappa shape index (κ1) is 13.3. The van der Waals surface area contributed by atoms with E-state index in [9.17, 15) is 0 Å². The van der Waals surface area contributed by atoms with Gasteiger partial charge in [0.15, 0.2) is 0 Å². The molecule has 0 atom stereocenters. The molecule has 86 valence electrons. The molecule has 0 unspecified atom stereocenters. The van der Waals surface area contributed by atoms with E-state index < -0.39 is 5.60 Å². The zero-order valence-electron chi connectivity index (χ0n) is 9.71. The molecule has 0 radical (unpaired) electrons. The number of rotatable bonds is 3. The minimum Gasteiger partial charge on any atom is -0.480 e. The molecule has 1 aromatic rings. The first-order valence-electron chi connectivity index (χ1n) is 4.98. The largest absolute Gasteiger partial charge is 0.480 e. The van der Waals surface area contributed by atoms with E-state index in [1.54, 1.807) is 7.11 Å². The Bertz CT molecular complexity index is 402. The van der Waals surface area contributed by atoms with E-state index in [0.29, 0.717) is 6.61 Å². The van der Waals surface area contributed by atoms with Crippen molar-refractivity contribution in [2.75, 3.05) is 13.7 Å². The van der Waals surface area contributed by atoms with Crippen LogP contribution in [0.1, 0.15) is 13.8 Å². The molecule has 1 aromatic carbocycles. The summed E-state index contributed by atoms with van der Waals surface area (Å²) in [5.74, 6) is 6.82. The molecule has 0 fully saturated rings. The second kappa shape index (κ2) is 6.12. The molecule has 0 N–H and O–H groups in total. The molecule has 0 aliphatic heterocycles. The Labute approximate surface area is 110 Å². The van der Waals surface area contributed by atoms with E-state index in [-0.39, 0.29) is 0 Å². The monoisotopic (exact) mass is 330 g/mol. The van der Waals surface area contributed by atoms with E-state index in [4.69, 9.17) is 9.47 Å². The minimum absolute atomic E-state index is 0.382. The third-order valence-corrected chi connectivity index (χ3v) is 2.93. The second-order valence-corrected chi connectivity index (χ2v) is 4.90. The number of benzene rings is 1. The van der Waals surface area contributed by atoms with Gasteiger partial charge in [0.25, 0.3) is 0 Å². The fraction of sp³-hybridized carbons (Fsp3) is 0.385. The Balaban J connectivity index is 2.51. The van der Waals surface area contributed by atoms with Gasteiger partial charge in [0.05, 0.1) is 3.57 Å². The van der Waals surface area contributed by atoms with Gasteiger partial charge in [0.1, 0.15) is 18.0 Å². The topological polar surface area (TPSA) is 18.5 Å². The van der Waals surface area contributed by atoms with Crippen molar-refractivity contribution in [2.24, 2.45) is 0 Å². The summed E-state index contributed by atoms with van der Waals surface area (Å²) < 4.78 is 11.8. The Kier molecular flexibility index (Phi) is 5.10. The van der Waals surface area contributed by atoms with Crippen LogP contribution in [0.3, 0.4) is 0 Å². The number of hydrogen-bond donors (Lipinski definition) is 0. The molecule has 0 saturated carbocycles. The van der Waals surface area contributed by atoms with Gasteiger partial charge < -0.3 is 9.47 Å². The molecular formula is C13H15IO2. The van der Waals surface area contributed by atoms with E-state index >= 15 is 0 Å². The highest BCUT2D eigenvalue weighted by Crippen LogP contribution is 2.19. The van der Waals surface area contributed by atoms with Crippen LogP contribution in [-0.4, -0.2) is 19.3 Å². The maximum absolute atomic E-state index is 5.54. The average molecular weight is 330 g/mol. The van der Waals surface area contributed by atoms with Gasteiger partial charge in [-0.3, -0.25) is 0 Å². The molecule has 0 aliphatic rings. The third kappa shape index (κ3) is 4.42. The van der Waals surface area contributed by atoms with Gasteiger partial charge in [-0.15, -0.1) is 0 Å². The Morgan fingerprint density at radius 3 is 2.62 bits per heavy atom. The fourth-order valence-electron chi connectivity index (χ4n) is 0.976. The molecule has 0 amide bonds. The zero-order chi connectivity index (χ0) is 12.0. The molecular weight excluding hydrogens is 315 g/mol. The average Bonchev–Trinajstić information content (AvgIpc) is 2.27. The van der Waals surface area contributed by atoms with Crippen molar-refractivity contribution < 1.29 is 9.47 Å². The number of hydrogen-bond acceptors (Lipinski definition) is 2. The van der Waals surface area contributed by atoms with Crippen molar-refractivity contribution in [1.82, 2.24) is 0 Å². The Hall–Kier alpha value is -0.730. The van der Waals surface area contributed by atoms with Crippen LogP contribution in [0.2, 0.25) is 0 Å². The van der Waals surface area contributed by atoms with Gasteiger partial charge in [-0.05, 0) is 48.6 Å². The van der Waals surface area contributed by atoms with Crippen LogP contribution >= 0.6 is 22.6 Å². The lowest BCUT2D eigenvalue weighted by atomic mass is 10.1. The highest BCUT2D eigenvalue weighted by molar-refractivity contribution is 14.1. The molecule has 0 saturated heterocycles. The van der Waals surface area contributed by atoms with Gasteiger partial charge in [-0.25, -0.2) is 0 Å². The van der Waals surface area contributed by atoms with Crippen LogP contribution in [-0.2, 0) is 4.74 Å². The molecule has 2 nitrogen and oxygen atoms in total. The zero-order valence-corrected chi connectivity index (χ0v) is 11.9. The van der Waals surface area contributed by atoms with E-state index in [1.807, 2.05) is 38.1 Å². The summed E-state index contributed by atoms with van der Waals surface area (Å²) in [6, 6.07) is 7.87. The molecule has 3 heteroatoms. The van der Waals surface area contributed by atoms with E-state index in [0.717, 1.165) is 9.32 Å². The summed E-state index contributed by atoms with van der Waals surface area (Å²) in [7, 11) is 1.65. The summed E-state index contributed by atoms with van der Waals surface area (Å²) in [6.45, 7) is 4.23. The van der Waals surface area contributed by atoms with Gasteiger partial charge in [0.2, 0.25) is 0 Å². The van der Waals surface area contributed by atoms with Gasteiger partial charge >= 0.3 is 0 Å². The second-order valence-electron chi connectivity index (χ2n) is 3.74. The van der Waals surface area contributed by atoms with Crippen LogP contribution in [0.4, 0.5) is 0 Å². The lowest BCUT2D eigenvalue weighted by Crippen LogP contribution is -2.19. The van der Waals surface area contributed by atoms with Crippen molar-refractivity contribution in [2.45, 2.75) is 19.4 Å². The quantitative estimate of drug-likeness (QED) is 0.626. The van der Waals surface area contributed by atoms with Crippen LogP contribution in [0, 0.1) is 15.4 Å². The number of para-hydroxylation sites is 1. The molecule has 0 bridgehead atoms. The normalized spacial score (nSPS) is 10.5. The molecule has 16 heavy (non-hydrogen) atoms. The summed E-state index contributed by atoms with van der Waals surface area (Å²) >= 11 is 2.24. The highest BCUT2D eigenvalue weighted by atomic mass is 127. The van der Waals surface area contributed by atoms with Gasteiger partial charge in [-0.2, -0.15) is 0 Å². The molecule has 0 spiro atoms. The SMILES string of the molecule is COC(C)(C)C#CCOc1ccccc1I. The summed E-state index contributed by atoms with van der Waals surface area (Å²) in [6.07, 6.45) is 0. The maximum Gasteiger partial charge on any atom is 0.149 e. The lowest BCUT2D eigenvalue weighted by Gasteiger charge is -2.14. The predicted octanol–water partition coefficient (Wildman–Crippen LogP) is 3.10. The van der Waals surface area contributed by atoms with Gasteiger partial charge in [0, 0.05) is 7.11 Å². The standard InChI is InChI=1S/C13H15IO2/c1-13(2,15-3)9-6-10-16-12-8-5-4-7-11(12)14/h4-5,7-8H,10H2,1-3H3. The Morgan fingerprint density at radius 1 is 1.31 bits per heavy atom. The minimum atomic E-state index is -0.410. The van der Waals surface area contributed by atoms with Gasteiger partial charge in [-0.1, -0.05) is 24.0 Å². The van der Waals surface area contributed by atoms with Crippen LogP contribution < -0.4 is 4.74 Å². The summed E-state index contributed by atoms with van der Waals surface area (Å²) in [4.78, 5) is 0. The Morgan fingerprint density at radius 2 is 2.00 bits per heavy atom. The van der Waals surface area contributed by atoms with Crippen LogP contribution in [0.15, 0.2) is 24.3 Å². The third-order valence-electron chi connectivity index (χ3n) is 2.04. The molecule has 0 heterocycles. The first-order valence-corrected chi connectivity index (χ1v) is 6.05. The fourth-order valence-corrected chi connectivity index (χ4v) is 1.52. The maximum atomic E-state index is 5.54. The molecule has 0 aliphatic carbocycles. The van der Waals surface area contributed by atoms with Crippen molar-refractivity contribution in [3.8, 4) is 17.6 Å². The summed E-state index contributed by atoms with van der Waals surface area (Å²) in [5.41, 5.74) is -0.410. The highest BCUT2D eigenvalue weighted by Gasteiger charge is 2.10. The lowest BCUT2D eigenvalue weighted by molar-refractivity contribution is 0.0740. The van der Waals surface area contributed by atoms with Crippen LogP contribution in [0.25, 0.3) is 0 Å². The van der Waals surface area contributed by atoms with Crippen molar-refractivity contribution in [3.05, 3.63) is 27.8 Å². The number of methoxy groups -OCH3 is 1. The molecule has 1 rings (SSSR count). The summed E-state index contributed by atoms with van der Waals surface area (Å²) in [5, 5.41) is 0. The predicted molar refractivity (Wildman–Crippen MR) is 73.5 cm³/mol. The number of ether oxygens (including phenoxy) is 2. The van der Waals surface area contributed by atoms with E-state index in [1.165, 1.54) is 0 Å². The van der Waals surface area contributed by atoms with Crippen molar-refractivity contribution in [3.63, 3.8) is 0 Å². The number of halogens is 1. The van der Waals surface area contributed by atoms with Crippen molar-refractivity contribution >= 4 is 22.6 Å². The van der Waals surface area contributed by atoms with Crippen LogP contribution in [0.5, 0.6) is 5.75 Å².